The van der Waals surface area contributed by atoms with Gasteiger partial charge in [0.25, 0.3) is 0 Å². The van der Waals surface area contributed by atoms with Crippen molar-refractivity contribution in [3.8, 4) is 0 Å². The first-order valence-electron chi connectivity index (χ1n) is 6.46. The predicted octanol–water partition coefficient (Wildman–Crippen LogP) is 4.48. The Kier molecular flexibility index (Phi) is 6.96. The summed E-state index contributed by atoms with van der Waals surface area (Å²) in [5, 5.41) is 0. The molecule has 0 saturated carbocycles. The zero-order valence-corrected chi connectivity index (χ0v) is 14.2. The van der Waals surface area contributed by atoms with Gasteiger partial charge in [0.15, 0.2) is 8.32 Å². The van der Waals surface area contributed by atoms with Gasteiger partial charge in [-0.2, -0.15) is 0 Å². The SMILES string of the molecule is CCC(C)N=C(C)C(C)(Cl)CCO[Si](C)(C)C. The van der Waals surface area contributed by atoms with Gasteiger partial charge < -0.3 is 4.43 Å². The van der Waals surface area contributed by atoms with Crippen LogP contribution in [0, 0.1) is 0 Å². The van der Waals surface area contributed by atoms with Crippen LogP contribution < -0.4 is 0 Å². The fourth-order valence-electron chi connectivity index (χ4n) is 1.29. The second kappa shape index (κ2) is 6.91. The molecule has 0 aromatic heterocycles. The molecule has 4 heteroatoms. The molecule has 0 heterocycles. The lowest BCUT2D eigenvalue weighted by Crippen LogP contribution is -2.33. The lowest BCUT2D eigenvalue weighted by Gasteiger charge is -2.25. The van der Waals surface area contributed by atoms with Crippen LogP contribution in [0.2, 0.25) is 19.6 Å². The van der Waals surface area contributed by atoms with Gasteiger partial charge in [-0.3, -0.25) is 4.99 Å². The summed E-state index contributed by atoms with van der Waals surface area (Å²) in [7, 11) is -1.43. The zero-order valence-electron chi connectivity index (χ0n) is 12.4. The van der Waals surface area contributed by atoms with Gasteiger partial charge in [-0.15, -0.1) is 11.6 Å². The molecule has 0 aliphatic heterocycles. The summed E-state index contributed by atoms with van der Waals surface area (Å²) in [6.45, 7) is 15.6. The average Bonchev–Trinajstić information content (AvgIpc) is 2.14. The molecule has 2 nitrogen and oxygen atoms in total. The molecule has 0 fully saturated rings. The van der Waals surface area contributed by atoms with Crippen LogP contribution in [-0.4, -0.2) is 31.6 Å². The molecule has 2 atom stereocenters. The number of hydrogen-bond acceptors (Lipinski definition) is 2. The molecule has 0 aliphatic carbocycles. The van der Waals surface area contributed by atoms with Crippen molar-refractivity contribution in [2.24, 2.45) is 4.99 Å². The molecule has 0 rings (SSSR count). The Balaban J connectivity index is 4.32. The Morgan fingerprint density at radius 3 is 2.35 bits per heavy atom. The largest absolute Gasteiger partial charge is 0.418 e. The fourth-order valence-corrected chi connectivity index (χ4v) is 2.13. The third kappa shape index (κ3) is 7.95. The van der Waals surface area contributed by atoms with Gasteiger partial charge in [0.05, 0.1) is 4.87 Å². The lowest BCUT2D eigenvalue weighted by molar-refractivity contribution is 0.297. The molecule has 2 unspecified atom stereocenters. The van der Waals surface area contributed by atoms with Crippen molar-refractivity contribution >= 4 is 25.6 Å². The second-order valence-electron chi connectivity index (χ2n) is 5.88. The molecule has 0 amide bonds. The molecule has 0 aliphatic rings. The first-order chi connectivity index (χ1) is 7.58. The Labute approximate surface area is 113 Å². The van der Waals surface area contributed by atoms with Crippen molar-refractivity contribution in [2.45, 2.75) is 71.1 Å². The van der Waals surface area contributed by atoms with Gasteiger partial charge in [-0.25, -0.2) is 0 Å². The lowest BCUT2D eigenvalue weighted by atomic mass is 10.0. The van der Waals surface area contributed by atoms with Crippen LogP contribution in [-0.2, 0) is 4.43 Å². The summed E-state index contributed by atoms with van der Waals surface area (Å²) in [6, 6.07) is 0.353. The van der Waals surface area contributed by atoms with Gasteiger partial charge in [0, 0.05) is 18.4 Å². The minimum absolute atomic E-state index is 0.353. The molecule has 102 valence electrons. The van der Waals surface area contributed by atoms with E-state index in [0.29, 0.717) is 6.04 Å². The standard InChI is InChI=1S/C13H28ClNOSi/c1-8-11(2)15-12(3)13(4,14)9-10-16-17(5,6)7/h11H,8-10H2,1-7H3. The maximum Gasteiger partial charge on any atom is 0.183 e. The van der Waals surface area contributed by atoms with E-state index in [2.05, 4.69) is 38.5 Å². The summed E-state index contributed by atoms with van der Waals surface area (Å²) < 4.78 is 5.85. The smallest absolute Gasteiger partial charge is 0.183 e. The van der Waals surface area contributed by atoms with E-state index in [1.165, 1.54) is 0 Å². The zero-order chi connectivity index (χ0) is 13.7. The highest BCUT2D eigenvalue weighted by Crippen LogP contribution is 2.23. The third-order valence-electron chi connectivity index (χ3n) is 2.87. The number of rotatable bonds is 7. The van der Waals surface area contributed by atoms with Crippen LogP contribution in [0.3, 0.4) is 0 Å². The molecular weight excluding hydrogens is 250 g/mol. The molecule has 0 bridgehead atoms. The van der Waals surface area contributed by atoms with Gasteiger partial charge in [0.2, 0.25) is 0 Å². The Bertz CT molecular complexity index is 259. The molecule has 0 radical (unpaired) electrons. The summed E-state index contributed by atoms with van der Waals surface area (Å²) in [5.41, 5.74) is 1.02. The first-order valence-corrected chi connectivity index (χ1v) is 10.2. The van der Waals surface area contributed by atoms with Crippen molar-refractivity contribution in [3.05, 3.63) is 0 Å². The average molecular weight is 278 g/mol. The van der Waals surface area contributed by atoms with Crippen LogP contribution in [0.25, 0.3) is 0 Å². The number of hydrogen-bond donors (Lipinski definition) is 0. The molecule has 0 spiro atoms. The van der Waals surface area contributed by atoms with Crippen molar-refractivity contribution in [3.63, 3.8) is 0 Å². The Morgan fingerprint density at radius 1 is 1.41 bits per heavy atom. The van der Waals surface area contributed by atoms with E-state index >= 15 is 0 Å². The van der Waals surface area contributed by atoms with Crippen molar-refractivity contribution in [2.75, 3.05) is 6.61 Å². The quantitative estimate of drug-likeness (QED) is 0.382. The van der Waals surface area contributed by atoms with E-state index in [0.717, 1.165) is 25.2 Å². The number of aliphatic imine (C=N–C) groups is 1. The molecule has 0 aromatic carbocycles. The normalized spacial score (nSPS) is 18.9. The third-order valence-corrected chi connectivity index (χ3v) is 4.40. The summed E-state index contributed by atoms with van der Waals surface area (Å²) in [6.07, 6.45) is 1.88. The van der Waals surface area contributed by atoms with Gasteiger partial charge in [0.1, 0.15) is 0 Å². The summed E-state index contributed by atoms with van der Waals surface area (Å²) in [5.74, 6) is 0. The molecular formula is C13H28ClNOSi. The second-order valence-corrected chi connectivity index (χ2v) is 11.2. The maximum atomic E-state index is 6.52. The number of alkyl halides is 1. The van der Waals surface area contributed by atoms with Crippen molar-refractivity contribution < 1.29 is 4.43 Å². The molecule has 0 N–H and O–H groups in total. The highest BCUT2D eigenvalue weighted by atomic mass is 35.5. The first kappa shape index (κ1) is 17.1. The minimum Gasteiger partial charge on any atom is -0.418 e. The van der Waals surface area contributed by atoms with E-state index in [4.69, 9.17) is 16.0 Å². The minimum atomic E-state index is -1.43. The van der Waals surface area contributed by atoms with Gasteiger partial charge in [-0.1, -0.05) is 6.92 Å². The maximum absolute atomic E-state index is 6.52. The van der Waals surface area contributed by atoms with E-state index in [1.54, 1.807) is 0 Å². The van der Waals surface area contributed by atoms with E-state index < -0.39 is 8.32 Å². The van der Waals surface area contributed by atoms with Crippen molar-refractivity contribution in [1.82, 2.24) is 0 Å². The molecule has 17 heavy (non-hydrogen) atoms. The fraction of sp³-hybridized carbons (Fsp3) is 0.923. The summed E-state index contributed by atoms with van der Waals surface area (Å²) >= 11 is 6.52. The Morgan fingerprint density at radius 2 is 1.94 bits per heavy atom. The van der Waals surface area contributed by atoms with Crippen LogP contribution in [0.1, 0.15) is 40.5 Å². The van der Waals surface area contributed by atoms with Crippen molar-refractivity contribution in [1.29, 1.82) is 0 Å². The number of halogens is 1. The van der Waals surface area contributed by atoms with Crippen LogP contribution in [0.4, 0.5) is 0 Å². The van der Waals surface area contributed by atoms with Crippen LogP contribution in [0.5, 0.6) is 0 Å². The van der Waals surface area contributed by atoms with Gasteiger partial charge >= 0.3 is 0 Å². The monoisotopic (exact) mass is 277 g/mol. The number of nitrogens with zero attached hydrogens (tertiary/aromatic N) is 1. The van der Waals surface area contributed by atoms with Gasteiger partial charge in [-0.05, 0) is 53.3 Å². The highest BCUT2D eigenvalue weighted by molar-refractivity contribution is 6.69. The summed E-state index contributed by atoms with van der Waals surface area (Å²) in [4.78, 5) is 4.25. The molecule has 0 saturated heterocycles. The predicted molar refractivity (Wildman–Crippen MR) is 81.0 cm³/mol. The highest BCUT2D eigenvalue weighted by Gasteiger charge is 2.26. The topological polar surface area (TPSA) is 21.6 Å². The van der Waals surface area contributed by atoms with Crippen LogP contribution >= 0.6 is 11.6 Å². The molecule has 0 aromatic rings. The Hall–Kier alpha value is 0.137. The van der Waals surface area contributed by atoms with E-state index in [-0.39, 0.29) is 4.87 Å². The van der Waals surface area contributed by atoms with Crippen LogP contribution in [0.15, 0.2) is 4.99 Å². The van der Waals surface area contributed by atoms with E-state index in [1.807, 2.05) is 13.8 Å². The van der Waals surface area contributed by atoms with E-state index in [9.17, 15) is 0 Å².